The molecule has 0 radical (unpaired) electrons. The molecule has 3 aromatic rings. The molecule has 5 rings (SSSR count). The first kappa shape index (κ1) is 16.0. The van der Waals surface area contributed by atoms with E-state index in [0.29, 0.717) is 22.3 Å². The molecule has 136 valence electrons. The maximum atomic E-state index is 12.7. The number of aromatic hydroxyl groups is 2. The van der Waals surface area contributed by atoms with Crippen molar-refractivity contribution in [2.45, 2.75) is 5.60 Å². The molecule has 8 nitrogen and oxygen atoms in total. The second kappa shape index (κ2) is 5.42. The summed E-state index contributed by atoms with van der Waals surface area (Å²) in [6.45, 7) is 0. The van der Waals surface area contributed by atoms with E-state index < -0.39 is 11.6 Å². The SMILES string of the molecule is [N-]=[N+]=Nc1c(O)ccc2c1Oc1cc(O)ccc1C21OC(=O)c2ccccc21. The number of azide groups is 1. The summed E-state index contributed by atoms with van der Waals surface area (Å²) in [6.07, 6.45) is 0. The van der Waals surface area contributed by atoms with Gasteiger partial charge in [0.1, 0.15) is 28.7 Å². The van der Waals surface area contributed by atoms with Gasteiger partial charge in [0, 0.05) is 27.7 Å². The summed E-state index contributed by atoms with van der Waals surface area (Å²) in [7, 11) is 0. The third-order valence-electron chi connectivity index (χ3n) is 4.96. The van der Waals surface area contributed by atoms with E-state index >= 15 is 0 Å². The van der Waals surface area contributed by atoms with Crippen molar-refractivity contribution in [1.82, 2.24) is 0 Å². The second-order valence-electron chi connectivity index (χ2n) is 6.40. The molecule has 8 heteroatoms. The highest BCUT2D eigenvalue weighted by Crippen LogP contribution is 2.59. The van der Waals surface area contributed by atoms with E-state index in [-0.39, 0.29) is 28.7 Å². The van der Waals surface area contributed by atoms with Crippen LogP contribution in [0.25, 0.3) is 10.4 Å². The fourth-order valence-electron chi connectivity index (χ4n) is 3.84. The fraction of sp³-hybridized carbons (Fsp3) is 0.0500. The minimum Gasteiger partial charge on any atom is -0.508 e. The Bertz CT molecular complexity index is 1230. The van der Waals surface area contributed by atoms with E-state index in [1.54, 1.807) is 36.4 Å². The quantitative estimate of drug-likeness (QED) is 0.279. The van der Waals surface area contributed by atoms with Crippen LogP contribution < -0.4 is 4.74 Å². The Kier molecular flexibility index (Phi) is 3.11. The lowest BCUT2D eigenvalue weighted by Crippen LogP contribution is -2.32. The smallest absolute Gasteiger partial charge is 0.340 e. The fourth-order valence-corrected chi connectivity index (χ4v) is 3.84. The van der Waals surface area contributed by atoms with E-state index in [1.807, 2.05) is 0 Å². The maximum absolute atomic E-state index is 12.7. The van der Waals surface area contributed by atoms with Gasteiger partial charge < -0.3 is 19.7 Å². The number of hydrogen-bond donors (Lipinski definition) is 2. The van der Waals surface area contributed by atoms with E-state index in [2.05, 4.69) is 10.0 Å². The Balaban J connectivity index is 1.94. The monoisotopic (exact) mass is 373 g/mol. The topological polar surface area (TPSA) is 125 Å². The summed E-state index contributed by atoms with van der Waals surface area (Å²) in [5.41, 5.74) is 9.32. The van der Waals surface area contributed by atoms with Crippen LogP contribution in [-0.2, 0) is 10.3 Å². The Hall–Kier alpha value is -4.16. The predicted octanol–water partition coefficient (Wildman–Crippen LogP) is 4.61. The molecule has 2 aliphatic heterocycles. The first-order chi connectivity index (χ1) is 13.6. The molecule has 0 saturated carbocycles. The standard InChI is InChI=1S/C20H11N3O5/c21-23-22-17-15(25)8-7-14-18(17)27-16-9-10(24)5-6-13(16)20(14)12-4-2-1-3-11(12)19(26)28-20/h1-9,24-25H. The minimum atomic E-state index is -1.36. The highest BCUT2D eigenvalue weighted by atomic mass is 16.6. The Morgan fingerprint density at radius 3 is 2.61 bits per heavy atom. The van der Waals surface area contributed by atoms with Crippen LogP contribution in [0, 0.1) is 0 Å². The van der Waals surface area contributed by atoms with Crippen molar-refractivity contribution in [2.75, 3.05) is 0 Å². The van der Waals surface area contributed by atoms with Crippen LogP contribution in [0.3, 0.4) is 0 Å². The maximum Gasteiger partial charge on any atom is 0.340 e. The van der Waals surface area contributed by atoms with E-state index in [4.69, 9.17) is 15.0 Å². The van der Waals surface area contributed by atoms with Crippen molar-refractivity contribution in [2.24, 2.45) is 5.11 Å². The number of carbonyl (C=O) groups excluding carboxylic acids is 1. The van der Waals surface area contributed by atoms with Gasteiger partial charge in [-0.25, -0.2) is 4.79 Å². The van der Waals surface area contributed by atoms with Gasteiger partial charge in [-0.1, -0.05) is 23.3 Å². The Labute approximate surface area is 157 Å². The van der Waals surface area contributed by atoms with Crippen LogP contribution in [-0.4, -0.2) is 16.2 Å². The third-order valence-corrected chi connectivity index (χ3v) is 4.96. The van der Waals surface area contributed by atoms with Crippen LogP contribution >= 0.6 is 0 Å². The van der Waals surface area contributed by atoms with Crippen LogP contribution in [0.4, 0.5) is 5.69 Å². The molecule has 0 aliphatic carbocycles. The molecule has 1 atom stereocenters. The van der Waals surface area contributed by atoms with Gasteiger partial charge in [0.05, 0.1) is 5.56 Å². The van der Waals surface area contributed by atoms with Crippen molar-refractivity contribution in [3.05, 3.63) is 87.3 Å². The van der Waals surface area contributed by atoms with Gasteiger partial charge in [0.15, 0.2) is 5.60 Å². The number of hydrogen-bond acceptors (Lipinski definition) is 6. The molecule has 0 saturated heterocycles. The lowest BCUT2D eigenvalue weighted by atomic mass is 9.77. The van der Waals surface area contributed by atoms with Gasteiger partial charge in [0.25, 0.3) is 0 Å². The summed E-state index contributed by atoms with van der Waals surface area (Å²) in [6, 6.07) is 14.3. The third kappa shape index (κ3) is 1.89. The molecule has 0 aromatic heterocycles. The molecule has 0 amide bonds. The Morgan fingerprint density at radius 1 is 1.00 bits per heavy atom. The average molecular weight is 373 g/mol. The minimum absolute atomic E-state index is 0.0551. The summed E-state index contributed by atoms with van der Waals surface area (Å²) in [5.74, 6) is -0.577. The number of rotatable bonds is 1. The normalized spacial score (nSPS) is 18.4. The summed E-state index contributed by atoms with van der Waals surface area (Å²) < 4.78 is 11.8. The summed E-state index contributed by atoms with van der Waals surface area (Å²) in [5, 5.41) is 23.6. The predicted molar refractivity (Wildman–Crippen MR) is 96.8 cm³/mol. The number of nitrogens with zero attached hydrogens (tertiary/aromatic N) is 3. The molecular weight excluding hydrogens is 362 g/mol. The lowest BCUT2D eigenvalue weighted by Gasteiger charge is -2.37. The molecule has 2 aliphatic rings. The first-order valence-electron chi connectivity index (χ1n) is 8.32. The van der Waals surface area contributed by atoms with Gasteiger partial charge in [-0.15, -0.1) is 0 Å². The van der Waals surface area contributed by atoms with Crippen molar-refractivity contribution in [3.63, 3.8) is 0 Å². The second-order valence-corrected chi connectivity index (χ2v) is 6.40. The zero-order valence-corrected chi connectivity index (χ0v) is 14.2. The molecule has 28 heavy (non-hydrogen) atoms. The molecule has 3 aromatic carbocycles. The van der Waals surface area contributed by atoms with Crippen LogP contribution in [0.2, 0.25) is 0 Å². The average Bonchev–Trinajstić information content (AvgIpc) is 2.98. The van der Waals surface area contributed by atoms with Crippen LogP contribution in [0.5, 0.6) is 23.0 Å². The van der Waals surface area contributed by atoms with E-state index in [9.17, 15) is 15.0 Å². The number of esters is 1. The van der Waals surface area contributed by atoms with E-state index in [1.165, 1.54) is 18.2 Å². The molecule has 2 N–H and O–H groups in total. The summed E-state index contributed by atoms with van der Waals surface area (Å²) >= 11 is 0. The highest BCUT2D eigenvalue weighted by molar-refractivity contribution is 5.97. The first-order valence-corrected chi connectivity index (χ1v) is 8.32. The number of fused-ring (bicyclic) bond motifs is 6. The van der Waals surface area contributed by atoms with Crippen molar-refractivity contribution in [3.8, 4) is 23.0 Å². The molecule has 2 heterocycles. The zero-order chi connectivity index (χ0) is 19.5. The lowest BCUT2D eigenvalue weighted by molar-refractivity contribution is 0.0224. The number of carbonyl (C=O) groups is 1. The molecule has 1 unspecified atom stereocenters. The van der Waals surface area contributed by atoms with Crippen molar-refractivity contribution < 1.29 is 24.5 Å². The molecule has 1 spiro atoms. The molecule has 0 fully saturated rings. The largest absolute Gasteiger partial charge is 0.508 e. The van der Waals surface area contributed by atoms with Crippen LogP contribution in [0.15, 0.2) is 59.7 Å². The van der Waals surface area contributed by atoms with Gasteiger partial charge in [0.2, 0.25) is 0 Å². The number of benzene rings is 3. The number of ether oxygens (including phenoxy) is 2. The number of phenolic OH excluding ortho intramolecular Hbond substituents is 2. The van der Waals surface area contributed by atoms with Crippen molar-refractivity contribution in [1.29, 1.82) is 0 Å². The Morgan fingerprint density at radius 2 is 1.79 bits per heavy atom. The van der Waals surface area contributed by atoms with Crippen LogP contribution in [0.1, 0.15) is 27.0 Å². The van der Waals surface area contributed by atoms with E-state index in [0.717, 1.165) is 0 Å². The van der Waals surface area contributed by atoms with Gasteiger partial charge >= 0.3 is 5.97 Å². The number of phenols is 2. The summed E-state index contributed by atoms with van der Waals surface area (Å²) in [4.78, 5) is 15.4. The van der Waals surface area contributed by atoms with Gasteiger partial charge in [-0.05, 0) is 35.9 Å². The van der Waals surface area contributed by atoms with Crippen molar-refractivity contribution >= 4 is 11.7 Å². The molecular formula is C20H11N3O5. The highest BCUT2D eigenvalue weighted by Gasteiger charge is 2.54. The zero-order valence-electron chi connectivity index (χ0n) is 14.2. The molecule has 0 bridgehead atoms. The van der Waals surface area contributed by atoms with Gasteiger partial charge in [-0.2, -0.15) is 0 Å². The van der Waals surface area contributed by atoms with Gasteiger partial charge in [-0.3, -0.25) is 0 Å².